The van der Waals surface area contributed by atoms with Gasteiger partial charge in [-0.05, 0) is 56.7 Å². The van der Waals surface area contributed by atoms with Gasteiger partial charge < -0.3 is 10.6 Å². The van der Waals surface area contributed by atoms with Crippen LogP contribution in [-0.4, -0.2) is 22.3 Å². The zero-order valence-corrected chi connectivity index (χ0v) is 17.2. The van der Waals surface area contributed by atoms with E-state index in [1.54, 1.807) is 18.2 Å². The van der Waals surface area contributed by atoms with Crippen LogP contribution in [0.15, 0.2) is 58.7 Å². The normalized spacial score (nSPS) is 11.6. The summed E-state index contributed by atoms with van der Waals surface area (Å²) in [4.78, 5) is 35.4. The molecule has 146 valence electrons. The monoisotopic (exact) mass is 445 g/mol. The number of non-ortho nitro benzene ring substituents is 1. The second-order valence-electron chi connectivity index (χ2n) is 7.07. The smallest absolute Gasteiger partial charge is 0.269 e. The Hall–Kier alpha value is -3.00. The largest absolute Gasteiger partial charge is 0.346 e. The van der Waals surface area contributed by atoms with Crippen molar-refractivity contribution in [1.82, 2.24) is 10.6 Å². The summed E-state index contributed by atoms with van der Waals surface area (Å²) >= 11 is 3.35. The van der Waals surface area contributed by atoms with Crippen molar-refractivity contribution in [2.45, 2.75) is 26.3 Å². The van der Waals surface area contributed by atoms with Gasteiger partial charge in [0.2, 0.25) is 0 Å². The molecule has 0 aliphatic carbocycles. The summed E-state index contributed by atoms with van der Waals surface area (Å²) in [6.07, 6.45) is 1.57. The second kappa shape index (κ2) is 8.79. The molecule has 2 rings (SSSR count). The number of halogens is 1. The molecule has 0 aliphatic heterocycles. The molecule has 2 aromatic rings. The SMILES string of the molecule is CC(C)(C)NC(=O)C(=Cc1ccc(Br)cc1)NC(=O)c1ccc([N+](=O)[O-])cc1. The number of nitro benzene ring substituents is 1. The summed E-state index contributed by atoms with van der Waals surface area (Å²) in [6.45, 7) is 5.50. The molecule has 0 bridgehead atoms. The molecule has 7 nitrogen and oxygen atoms in total. The van der Waals surface area contributed by atoms with E-state index in [2.05, 4.69) is 26.6 Å². The highest BCUT2D eigenvalue weighted by Gasteiger charge is 2.20. The van der Waals surface area contributed by atoms with Gasteiger partial charge in [-0.15, -0.1) is 0 Å². The Balaban J connectivity index is 2.30. The number of nitrogens with one attached hydrogen (secondary N) is 2. The van der Waals surface area contributed by atoms with Crippen LogP contribution in [0.3, 0.4) is 0 Å². The number of rotatable bonds is 5. The first-order valence-corrected chi connectivity index (χ1v) is 9.20. The van der Waals surface area contributed by atoms with Gasteiger partial charge in [0.05, 0.1) is 4.92 Å². The summed E-state index contributed by atoms with van der Waals surface area (Å²) < 4.78 is 0.889. The Morgan fingerprint density at radius 2 is 1.61 bits per heavy atom. The predicted octanol–water partition coefficient (Wildman–Crippen LogP) is 4.04. The van der Waals surface area contributed by atoms with Crippen molar-refractivity contribution < 1.29 is 14.5 Å². The average Bonchev–Trinajstić information content (AvgIpc) is 2.61. The first-order chi connectivity index (χ1) is 13.0. The van der Waals surface area contributed by atoms with Gasteiger partial charge in [0.25, 0.3) is 17.5 Å². The molecule has 0 heterocycles. The molecule has 0 saturated heterocycles. The Morgan fingerprint density at radius 1 is 1.04 bits per heavy atom. The number of carbonyl (C=O) groups is 2. The van der Waals surface area contributed by atoms with E-state index in [9.17, 15) is 19.7 Å². The van der Waals surface area contributed by atoms with Crippen LogP contribution < -0.4 is 10.6 Å². The maximum atomic E-state index is 12.6. The van der Waals surface area contributed by atoms with Gasteiger partial charge in [-0.1, -0.05) is 28.1 Å². The third kappa shape index (κ3) is 6.31. The highest BCUT2D eigenvalue weighted by molar-refractivity contribution is 9.10. The van der Waals surface area contributed by atoms with Crippen LogP contribution in [0.4, 0.5) is 5.69 Å². The number of nitrogens with zero attached hydrogens (tertiary/aromatic N) is 1. The first kappa shape index (κ1) is 21.3. The van der Waals surface area contributed by atoms with Crippen molar-refractivity contribution in [3.63, 3.8) is 0 Å². The molecular weight excluding hydrogens is 426 g/mol. The maximum absolute atomic E-state index is 12.6. The second-order valence-corrected chi connectivity index (χ2v) is 7.99. The molecule has 28 heavy (non-hydrogen) atoms. The number of amides is 2. The third-order valence-corrected chi connectivity index (χ3v) is 4.03. The van der Waals surface area contributed by atoms with Crippen molar-refractivity contribution in [3.8, 4) is 0 Å². The minimum absolute atomic E-state index is 0.0700. The number of benzene rings is 2. The van der Waals surface area contributed by atoms with Gasteiger partial charge in [-0.2, -0.15) is 0 Å². The highest BCUT2D eigenvalue weighted by Crippen LogP contribution is 2.15. The van der Waals surface area contributed by atoms with E-state index in [4.69, 9.17) is 0 Å². The molecule has 0 unspecified atom stereocenters. The average molecular weight is 446 g/mol. The molecule has 2 aromatic carbocycles. The zero-order chi connectivity index (χ0) is 20.9. The summed E-state index contributed by atoms with van der Waals surface area (Å²) in [5, 5.41) is 16.2. The number of hydrogen-bond donors (Lipinski definition) is 2. The lowest BCUT2D eigenvalue weighted by molar-refractivity contribution is -0.384. The van der Waals surface area contributed by atoms with Gasteiger partial charge >= 0.3 is 0 Å². The van der Waals surface area contributed by atoms with Crippen molar-refractivity contribution in [3.05, 3.63) is 79.9 Å². The molecule has 0 fully saturated rings. The zero-order valence-electron chi connectivity index (χ0n) is 15.7. The van der Waals surface area contributed by atoms with Crippen molar-refractivity contribution in [2.75, 3.05) is 0 Å². The summed E-state index contributed by atoms with van der Waals surface area (Å²) in [6, 6.07) is 12.4. The highest BCUT2D eigenvalue weighted by atomic mass is 79.9. The van der Waals surface area contributed by atoms with Gasteiger partial charge in [0, 0.05) is 27.7 Å². The Labute approximate surface area is 171 Å². The fourth-order valence-corrected chi connectivity index (χ4v) is 2.49. The molecular formula is C20H20BrN3O4. The summed E-state index contributed by atoms with van der Waals surface area (Å²) in [5.41, 5.74) is 0.393. The first-order valence-electron chi connectivity index (χ1n) is 8.41. The lowest BCUT2D eigenvalue weighted by atomic mass is 10.1. The number of nitro groups is 1. The van der Waals surface area contributed by atoms with Crippen LogP contribution in [0.25, 0.3) is 6.08 Å². The van der Waals surface area contributed by atoms with Crippen LogP contribution >= 0.6 is 15.9 Å². The number of hydrogen-bond acceptors (Lipinski definition) is 4. The van der Waals surface area contributed by atoms with E-state index in [0.29, 0.717) is 0 Å². The van der Waals surface area contributed by atoms with E-state index in [-0.39, 0.29) is 16.9 Å². The van der Waals surface area contributed by atoms with E-state index < -0.39 is 22.3 Å². The molecule has 0 saturated carbocycles. The van der Waals surface area contributed by atoms with Crippen molar-refractivity contribution in [1.29, 1.82) is 0 Å². The molecule has 2 N–H and O–H groups in total. The van der Waals surface area contributed by atoms with Crippen LogP contribution in [0, 0.1) is 10.1 Å². The van der Waals surface area contributed by atoms with Crippen molar-refractivity contribution in [2.24, 2.45) is 0 Å². The quantitative estimate of drug-likeness (QED) is 0.411. The summed E-state index contributed by atoms with van der Waals surface area (Å²) in [5.74, 6) is -0.979. The van der Waals surface area contributed by atoms with E-state index in [0.717, 1.165) is 10.0 Å². The van der Waals surface area contributed by atoms with Crippen LogP contribution in [-0.2, 0) is 4.79 Å². The molecule has 0 spiro atoms. The molecule has 0 radical (unpaired) electrons. The molecule has 0 aliphatic rings. The van der Waals surface area contributed by atoms with Gasteiger partial charge in [-0.3, -0.25) is 19.7 Å². The van der Waals surface area contributed by atoms with E-state index >= 15 is 0 Å². The maximum Gasteiger partial charge on any atom is 0.269 e. The van der Waals surface area contributed by atoms with Crippen LogP contribution in [0.5, 0.6) is 0 Å². The van der Waals surface area contributed by atoms with E-state index in [1.165, 1.54) is 24.3 Å². The van der Waals surface area contributed by atoms with E-state index in [1.807, 2.05) is 32.9 Å². The number of carbonyl (C=O) groups excluding carboxylic acids is 2. The molecule has 2 amide bonds. The standard InChI is InChI=1S/C20H20BrN3O4/c1-20(2,3)23-19(26)17(12-13-4-8-15(21)9-5-13)22-18(25)14-6-10-16(11-7-14)24(27)28/h4-12H,1-3H3,(H,22,25)(H,23,26). The summed E-state index contributed by atoms with van der Waals surface area (Å²) in [7, 11) is 0. The molecule has 8 heteroatoms. The van der Waals surface area contributed by atoms with Crippen LogP contribution in [0.1, 0.15) is 36.7 Å². The predicted molar refractivity (Wildman–Crippen MR) is 111 cm³/mol. The van der Waals surface area contributed by atoms with Crippen molar-refractivity contribution >= 4 is 39.5 Å². The van der Waals surface area contributed by atoms with Gasteiger partial charge in [-0.25, -0.2) is 0 Å². The third-order valence-electron chi connectivity index (χ3n) is 3.50. The minimum Gasteiger partial charge on any atom is -0.346 e. The lowest BCUT2D eigenvalue weighted by Crippen LogP contribution is -2.44. The topological polar surface area (TPSA) is 101 Å². The Bertz CT molecular complexity index is 914. The van der Waals surface area contributed by atoms with Gasteiger partial charge in [0.1, 0.15) is 5.70 Å². The minimum atomic E-state index is -0.544. The van der Waals surface area contributed by atoms with Crippen LogP contribution in [0.2, 0.25) is 0 Å². The van der Waals surface area contributed by atoms with Gasteiger partial charge in [0.15, 0.2) is 0 Å². The lowest BCUT2D eigenvalue weighted by Gasteiger charge is -2.22. The Morgan fingerprint density at radius 3 is 2.11 bits per heavy atom. The Kier molecular flexibility index (Phi) is 6.69. The molecule has 0 aromatic heterocycles. The fourth-order valence-electron chi connectivity index (χ4n) is 2.22. The molecule has 0 atom stereocenters. The fraction of sp³-hybridized carbons (Fsp3) is 0.200.